The van der Waals surface area contributed by atoms with E-state index in [0.717, 1.165) is 49.6 Å². The molecule has 34 heavy (non-hydrogen) atoms. The van der Waals surface area contributed by atoms with Crippen molar-refractivity contribution < 1.29 is 14.6 Å². The van der Waals surface area contributed by atoms with Gasteiger partial charge in [-0.3, -0.25) is 9.59 Å². The van der Waals surface area contributed by atoms with Crippen molar-refractivity contribution in [3.8, 4) is 5.75 Å². The van der Waals surface area contributed by atoms with Gasteiger partial charge in [-0.2, -0.15) is 0 Å². The lowest BCUT2D eigenvalue weighted by atomic mass is 10.0. The quantitative estimate of drug-likeness (QED) is 0.355. The molecule has 0 saturated carbocycles. The number of hydrogen-bond acceptors (Lipinski definition) is 4. The number of H-pyrrole nitrogens is 1. The molecule has 182 valence electrons. The van der Waals surface area contributed by atoms with Crippen molar-refractivity contribution in [1.29, 1.82) is 0 Å². The summed E-state index contributed by atoms with van der Waals surface area (Å²) in [6, 6.07) is 17.2. The molecule has 6 heteroatoms. The van der Waals surface area contributed by atoms with Gasteiger partial charge < -0.3 is 19.7 Å². The molecule has 2 aromatic carbocycles. The van der Waals surface area contributed by atoms with Crippen LogP contribution in [-0.4, -0.2) is 46.7 Å². The molecule has 0 fully saturated rings. The second-order valence-corrected chi connectivity index (χ2v) is 8.94. The smallest absolute Gasteiger partial charge is 0.248 e. The van der Waals surface area contributed by atoms with Crippen LogP contribution < -0.4 is 5.56 Å². The second-order valence-electron chi connectivity index (χ2n) is 8.94. The van der Waals surface area contributed by atoms with Crippen molar-refractivity contribution in [1.82, 2.24) is 9.88 Å². The molecule has 0 atom stereocenters. The van der Waals surface area contributed by atoms with E-state index in [1.54, 1.807) is 12.1 Å². The number of amides is 1. The van der Waals surface area contributed by atoms with Crippen LogP contribution in [0.4, 0.5) is 0 Å². The van der Waals surface area contributed by atoms with Gasteiger partial charge in [-0.1, -0.05) is 42.8 Å². The number of aromatic amines is 1. The molecule has 0 aliphatic heterocycles. The zero-order valence-electron chi connectivity index (χ0n) is 20.3. The highest BCUT2D eigenvalue weighted by Gasteiger charge is 2.16. The minimum absolute atomic E-state index is 0.0894. The summed E-state index contributed by atoms with van der Waals surface area (Å²) >= 11 is 0. The summed E-state index contributed by atoms with van der Waals surface area (Å²) in [5.74, 6) is 0.231. The maximum atomic E-state index is 12.7. The highest BCUT2D eigenvalue weighted by Crippen LogP contribution is 2.25. The summed E-state index contributed by atoms with van der Waals surface area (Å²) in [4.78, 5) is 28.9. The number of nitrogens with one attached hydrogen (secondary N) is 1. The van der Waals surface area contributed by atoms with Gasteiger partial charge in [-0.15, -0.1) is 0 Å². The van der Waals surface area contributed by atoms with Gasteiger partial charge in [-0.25, -0.2) is 0 Å². The van der Waals surface area contributed by atoms with Gasteiger partial charge >= 0.3 is 0 Å². The van der Waals surface area contributed by atoms with Crippen LogP contribution in [0.3, 0.4) is 0 Å². The molecular formula is C28H36N2O4. The van der Waals surface area contributed by atoms with Crippen molar-refractivity contribution in [3.05, 3.63) is 76.1 Å². The first-order valence-corrected chi connectivity index (χ1v) is 12.2. The number of fused-ring (bicyclic) bond motifs is 1. The van der Waals surface area contributed by atoms with Crippen LogP contribution in [-0.2, 0) is 22.4 Å². The number of aryl methyl sites for hydroxylation is 1. The molecule has 0 saturated heterocycles. The van der Waals surface area contributed by atoms with E-state index >= 15 is 0 Å². The van der Waals surface area contributed by atoms with Gasteiger partial charge in [0.25, 0.3) is 0 Å². The normalized spacial score (nSPS) is 11.3. The average molecular weight is 465 g/mol. The number of unbranched alkanes of at least 4 members (excludes halogenated alkanes) is 2. The van der Waals surface area contributed by atoms with Gasteiger partial charge in [0.05, 0.1) is 25.2 Å². The topological polar surface area (TPSA) is 82.6 Å². The van der Waals surface area contributed by atoms with E-state index in [-0.39, 0.29) is 23.3 Å². The van der Waals surface area contributed by atoms with Gasteiger partial charge in [0.2, 0.25) is 11.5 Å². The van der Waals surface area contributed by atoms with Gasteiger partial charge in [0.15, 0.2) is 0 Å². The van der Waals surface area contributed by atoms with Gasteiger partial charge in [0.1, 0.15) is 5.75 Å². The van der Waals surface area contributed by atoms with E-state index in [4.69, 9.17) is 4.74 Å². The molecule has 1 amide bonds. The first-order chi connectivity index (χ1) is 16.5. The number of aromatic nitrogens is 1. The predicted octanol–water partition coefficient (Wildman–Crippen LogP) is 4.83. The number of carbonyl (C=O) groups is 1. The Morgan fingerprint density at radius 1 is 0.971 bits per heavy atom. The number of pyridine rings is 1. The van der Waals surface area contributed by atoms with Crippen LogP contribution in [0.5, 0.6) is 5.75 Å². The molecular weight excluding hydrogens is 428 g/mol. The van der Waals surface area contributed by atoms with E-state index in [1.165, 1.54) is 11.6 Å². The van der Waals surface area contributed by atoms with Crippen LogP contribution in [0.2, 0.25) is 0 Å². The van der Waals surface area contributed by atoms with Crippen molar-refractivity contribution in [2.45, 2.75) is 58.4 Å². The van der Waals surface area contributed by atoms with Crippen LogP contribution >= 0.6 is 0 Å². The minimum atomic E-state index is -0.222. The molecule has 3 rings (SSSR count). The number of phenols is 1. The van der Waals surface area contributed by atoms with E-state index in [1.807, 2.05) is 29.2 Å². The van der Waals surface area contributed by atoms with Crippen molar-refractivity contribution in [2.75, 3.05) is 19.8 Å². The molecule has 6 nitrogen and oxygen atoms in total. The zero-order valence-corrected chi connectivity index (χ0v) is 20.3. The molecule has 2 N–H and O–H groups in total. The second kappa shape index (κ2) is 12.9. The number of benzene rings is 2. The highest BCUT2D eigenvalue weighted by molar-refractivity contribution is 5.87. The third-order valence-corrected chi connectivity index (χ3v) is 6.09. The molecule has 0 aliphatic carbocycles. The Balaban J connectivity index is 1.38. The largest absolute Gasteiger partial charge is 0.506 e. The summed E-state index contributed by atoms with van der Waals surface area (Å²) in [6.45, 7) is 5.92. The Labute approximate surface area is 201 Å². The number of aromatic hydroxyl groups is 1. The monoisotopic (exact) mass is 464 g/mol. The maximum absolute atomic E-state index is 12.7. The Bertz CT molecular complexity index is 1110. The van der Waals surface area contributed by atoms with E-state index in [9.17, 15) is 14.7 Å². The summed E-state index contributed by atoms with van der Waals surface area (Å²) in [5.41, 5.74) is 2.62. The van der Waals surface area contributed by atoms with E-state index in [2.05, 4.69) is 31.0 Å². The van der Waals surface area contributed by atoms with Crippen LogP contribution in [0.1, 0.15) is 50.7 Å². The molecule has 0 aliphatic rings. The summed E-state index contributed by atoms with van der Waals surface area (Å²) in [6.07, 6.45) is 5.02. The highest BCUT2D eigenvalue weighted by atomic mass is 16.5. The standard InChI is InChI=1S/C28H36N2O4/c1-21(2)30(27(33)17-20-34-19-16-22-9-5-3-6-10-22)18-8-4-7-11-23-12-14-25(31)28-24(23)13-15-26(32)29-28/h3,5-6,9-10,12-15,21,31H,4,7-8,11,16-20H2,1-2H3,(H,29,32). The summed E-state index contributed by atoms with van der Waals surface area (Å²) in [5, 5.41) is 10.9. The molecule has 0 unspecified atom stereocenters. The summed E-state index contributed by atoms with van der Waals surface area (Å²) in [7, 11) is 0. The van der Waals surface area contributed by atoms with Crippen molar-refractivity contribution >= 4 is 16.8 Å². The average Bonchev–Trinajstić information content (AvgIpc) is 2.83. The fourth-order valence-corrected chi connectivity index (χ4v) is 4.20. The lowest BCUT2D eigenvalue weighted by Gasteiger charge is -2.27. The minimum Gasteiger partial charge on any atom is -0.506 e. The number of phenolic OH excluding ortho intramolecular Hbond substituents is 1. The molecule has 3 aromatic rings. The SMILES string of the molecule is CC(C)N(CCCCCc1ccc(O)c2[nH]c(=O)ccc12)C(=O)CCOCCc1ccccc1. The van der Waals surface area contributed by atoms with Crippen LogP contribution in [0, 0.1) is 0 Å². The molecule has 0 spiro atoms. The molecule has 1 heterocycles. The number of carbonyl (C=O) groups excluding carboxylic acids is 1. The van der Waals surface area contributed by atoms with Crippen LogP contribution in [0.25, 0.3) is 10.9 Å². The Morgan fingerprint density at radius 3 is 2.53 bits per heavy atom. The third kappa shape index (κ3) is 7.45. The Kier molecular flexibility index (Phi) is 9.71. The summed E-state index contributed by atoms with van der Waals surface area (Å²) < 4.78 is 5.69. The first kappa shape index (κ1) is 25.5. The third-order valence-electron chi connectivity index (χ3n) is 6.09. The number of nitrogens with zero attached hydrogens (tertiary/aromatic N) is 1. The molecule has 0 bridgehead atoms. The lowest BCUT2D eigenvalue weighted by Crippen LogP contribution is -2.38. The van der Waals surface area contributed by atoms with Gasteiger partial charge in [-0.05, 0) is 62.8 Å². The predicted molar refractivity (Wildman–Crippen MR) is 136 cm³/mol. The number of rotatable bonds is 13. The Hall–Kier alpha value is -3.12. The van der Waals surface area contributed by atoms with E-state index in [0.29, 0.717) is 25.2 Å². The van der Waals surface area contributed by atoms with Crippen molar-refractivity contribution in [2.24, 2.45) is 0 Å². The fourth-order valence-electron chi connectivity index (χ4n) is 4.20. The van der Waals surface area contributed by atoms with Crippen LogP contribution in [0.15, 0.2) is 59.4 Å². The van der Waals surface area contributed by atoms with E-state index < -0.39 is 0 Å². The zero-order chi connectivity index (χ0) is 24.3. The maximum Gasteiger partial charge on any atom is 0.248 e. The van der Waals surface area contributed by atoms with Crippen molar-refractivity contribution in [3.63, 3.8) is 0 Å². The molecule has 1 aromatic heterocycles. The lowest BCUT2D eigenvalue weighted by molar-refractivity contribution is -0.134. The van der Waals surface area contributed by atoms with Gasteiger partial charge in [0, 0.05) is 24.0 Å². The number of ether oxygens (including phenoxy) is 1. The Morgan fingerprint density at radius 2 is 1.76 bits per heavy atom. The molecule has 0 radical (unpaired) electrons. The fraction of sp³-hybridized carbons (Fsp3) is 0.429. The number of hydrogen-bond donors (Lipinski definition) is 2. The first-order valence-electron chi connectivity index (χ1n) is 12.2.